The van der Waals surface area contributed by atoms with Gasteiger partial charge >= 0.3 is 17.2 Å². The fourth-order valence-electron chi connectivity index (χ4n) is 4.63. The number of benzene rings is 3. The third kappa shape index (κ3) is 5.32. The van der Waals surface area contributed by atoms with Crippen LogP contribution in [-0.4, -0.2) is 28.6 Å². The Morgan fingerprint density at radius 3 is 2.55 bits per heavy atom. The number of nitrogens with one attached hydrogen (secondary N) is 1. The van der Waals surface area contributed by atoms with Crippen molar-refractivity contribution in [3.8, 4) is 22.8 Å². The van der Waals surface area contributed by atoms with Crippen molar-refractivity contribution < 1.29 is 23.7 Å². The Kier molecular flexibility index (Phi) is 7.90. The molecule has 0 bridgehead atoms. The normalized spacial score (nSPS) is 13.8. The zero-order valence-corrected chi connectivity index (χ0v) is 23.6. The van der Waals surface area contributed by atoms with Gasteiger partial charge in [0.25, 0.3) is 6.17 Å². The zero-order chi connectivity index (χ0) is 28.4. The number of para-hydroxylation sites is 1. The Morgan fingerprint density at radius 1 is 1.07 bits per heavy atom. The average molecular weight is 578 g/mol. The first-order valence-electron chi connectivity index (χ1n) is 12.5. The number of anilines is 1. The molecule has 0 saturated carbocycles. The average Bonchev–Trinajstić information content (AvgIpc) is 2.92. The number of carbonyl (C=O) groups is 2. The molecule has 0 radical (unpaired) electrons. The summed E-state index contributed by atoms with van der Waals surface area (Å²) in [6.07, 6.45) is -0.824. The Morgan fingerprint density at radius 2 is 1.82 bits per heavy atom. The van der Waals surface area contributed by atoms with E-state index < -0.39 is 12.1 Å². The van der Waals surface area contributed by atoms with Gasteiger partial charge in [0.15, 0.2) is 11.5 Å². The summed E-state index contributed by atoms with van der Waals surface area (Å²) in [7, 11) is 0. The monoisotopic (exact) mass is 577 g/mol. The lowest BCUT2D eigenvalue weighted by molar-refractivity contribution is -0.763. The van der Waals surface area contributed by atoms with Crippen molar-refractivity contribution in [3.05, 3.63) is 93.2 Å². The highest BCUT2D eigenvalue weighted by atomic mass is 35.5. The second-order valence-electron chi connectivity index (χ2n) is 8.95. The highest BCUT2D eigenvalue weighted by Crippen LogP contribution is 2.39. The van der Waals surface area contributed by atoms with Crippen LogP contribution in [0.3, 0.4) is 0 Å². The SMILES string of the molecule is CCOc1cc([C@H]2N(C(C)=O)c3ccccc3-c3c(=O)[nH]c(SCc4ccccc4Cl)n[n+]32)ccc1OC(C)=O. The lowest BCUT2D eigenvalue weighted by atomic mass is 10.0. The molecule has 1 atom stereocenters. The summed E-state index contributed by atoms with van der Waals surface area (Å²) < 4.78 is 12.7. The van der Waals surface area contributed by atoms with E-state index in [0.29, 0.717) is 50.8 Å². The molecule has 4 aromatic rings. The number of hydrogen-bond acceptors (Lipinski definition) is 7. The smallest absolute Gasteiger partial charge is 0.325 e. The van der Waals surface area contributed by atoms with E-state index in [4.69, 9.17) is 26.2 Å². The number of halogens is 1. The van der Waals surface area contributed by atoms with Gasteiger partial charge in [-0.05, 0) is 53.6 Å². The number of carbonyl (C=O) groups excluding carboxylic acids is 2. The maximum Gasteiger partial charge on any atom is 0.325 e. The van der Waals surface area contributed by atoms with Crippen molar-refractivity contribution in [2.24, 2.45) is 0 Å². The molecule has 1 aromatic heterocycles. The number of ether oxygens (including phenoxy) is 2. The number of fused-ring (bicyclic) bond motifs is 3. The van der Waals surface area contributed by atoms with Gasteiger partial charge in [0, 0.05) is 35.3 Å². The number of hydrogen-bond donors (Lipinski definition) is 1. The largest absolute Gasteiger partial charge is 0.490 e. The van der Waals surface area contributed by atoms with Gasteiger partial charge in [-0.1, -0.05) is 53.7 Å². The van der Waals surface area contributed by atoms with E-state index in [-0.39, 0.29) is 17.2 Å². The van der Waals surface area contributed by atoms with E-state index in [1.54, 1.807) is 39.9 Å². The molecule has 5 rings (SSSR count). The number of rotatable bonds is 7. The maximum absolute atomic E-state index is 13.6. The summed E-state index contributed by atoms with van der Waals surface area (Å²) >= 11 is 7.66. The summed E-state index contributed by atoms with van der Waals surface area (Å²) in [6.45, 7) is 4.91. The van der Waals surface area contributed by atoms with Gasteiger partial charge in [0.1, 0.15) is 0 Å². The number of esters is 1. The zero-order valence-electron chi connectivity index (χ0n) is 22.0. The van der Waals surface area contributed by atoms with Crippen molar-refractivity contribution in [2.45, 2.75) is 37.8 Å². The number of aromatic nitrogens is 3. The molecule has 0 spiro atoms. The van der Waals surface area contributed by atoms with E-state index in [0.717, 1.165) is 5.56 Å². The fraction of sp³-hybridized carbons (Fsp3) is 0.207. The van der Waals surface area contributed by atoms with E-state index >= 15 is 0 Å². The molecule has 1 aliphatic rings. The van der Waals surface area contributed by atoms with Gasteiger partial charge in [-0.2, -0.15) is 0 Å². The summed E-state index contributed by atoms with van der Waals surface area (Å²) in [5.41, 5.74) is 2.61. The molecule has 11 heteroatoms. The van der Waals surface area contributed by atoms with Crippen LogP contribution in [0, 0.1) is 0 Å². The van der Waals surface area contributed by atoms with Gasteiger partial charge in [-0.15, -0.1) is 0 Å². The van der Waals surface area contributed by atoms with Crippen LogP contribution in [0.1, 0.15) is 38.1 Å². The lowest BCUT2D eigenvalue weighted by Gasteiger charge is -2.31. The first-order valence-corrected chi connectivity index (χ1v) is 13.9. The lowest BCUT2D eigenvalue weighted by Crippen LogP contribution is -2.60. The summed E-state index contributed by atoms with van der Waals surface area (Å²) in [5.74, 6) is 0.330. The predicted molar refractivity (Wildman–Crippen MR) is 152 cm³/mol. The second kappa shape index (κ2) is 11.5. The van der Waals surface area contributed by atoms with Gasteiger partial charge in [0.05, 0.1) is 17.9 Å². The Balaban J connectivity index is 1.68. The highest BCUT2D eigenvalue weighted by molar-refractivity contribution is 7.98. The third-order valence-corrected chi connectivity index (χ3v) is 7.52. The molecular weight excluding hydrogens is 552 g/mol. The quantitative estimate of drug-likeness (QED) is 0.144. The second-order valence-corrected chi connectivity index (χ2v) is 10.3. The van der Waals surface area contributed by atoms with Crippen molar-refractivity contribution in [1.29, 1.82) is 0 Å². The van der Waals surface area contributed by atoms with Crippen molar-refractivity contribution >= 4 is 40.9 Å². The highest BCUT2D eigenvalue weighted by Gasteiger charge is 2.45. The molecule has 0 aliphatic carbocycles. The number of amides is 1. The molecule has 2 heterocycles. The molecule has 40 heavy (non-hydrogen) atoms. The maximum atomic E-state index is 13.6. The fourth-order valence-corrected chi connectivity index (χ4v) is 5.77. The molecule has 204 valence electrons. The van der Waals surface area contributed by atoms with Crippen LogP contribution >= 0.6 is 23.4 Å². The minimum atomic E-state index is -0.824. The molecule has 1 amide bonds. The Hall–Kier alpha value is -4.15. The number of thioether (sulfide) groups is 1. The van der Waals surface area contributed by atoms with E-state index in [1.165, 1.54) is 25.6 Å². The predicted octanol–water partition coefficient (Wildman–Crippen LogP) is 4.91. The van der Waals surface area contributed by atoms with Crippen LogP contribution in [0.15, 0.2) is 76.7 Å². The summed E-state index contributed by atoms with van der Waals surface area (Å²) in [4.78, 5) is 42.9. The van der Waals surface area contributed by atoms with Gasteiger partial charge < -0.3 is 9.47 Å². The van der Waals surface area contributed by atoms with Crippen LogP contribution in [-0.2, 0) is 15.3 Å². The number of nitrogens with zero attached hydrogens (tertiary/aromatic N) is 3. The number of H-pyrrole nitrogens is 1. The van der Waals surface area contributed by atoms with Crippen LogP contribution in [0.5, 0.6) is 11.5 Å². The molecule has 3 aromatic carbocycles. The standard InChI is InChI=1S/C29H25ClN4O5S/c1-4-38-25-15-19(13-14-24(25)39-18(3)36)28-33(17(2)35)23-12-8-6-10-21(23)26-27(37)31-29(32-34(26)28)40-16-20-9-5-7-11-22(20)30/h5-15,28H,4,16H2,1-3H3/p+1/t28-/m0/s1. The van der Waals surface area contributed by atoms with Crippen LogP contribution < -0.4 is 24.6 Å². The molecule has 0 unspecified atom stereocenters. The van der Waals surface area contributed by atoms with Crippen molar-refractivity contribution in [3.63, 3.8) is 0 Å². The minimum Gasteiger partial charge on any atom is -0.490 e. The first-order chi connectivity index (χ1) is 19.3. The number of aromatic amines is 1. The summed E-state index contributed by atoms with van der Waals surface area (Å²) in [5, 5.41) is 5.80. The molecule has 0 fully saturated rings. The van der Waals surface area contributed by atoms with Crippen LogP contribution in [0.25, 0.3) is 11.3 Å². The van der Waals surface area contributed by atoms with E-state index in [2.05, 4.69) is 4.98 Å². The van der Waals surface area contributed by atoms with Crippen LogP contribution in [0.4, 0.5) is 5.69 Å². The Labute approximate surface area is 239 Å². The molecule has 9 nitrogen and oxygen atoms in total. The Bertz CT molecular complexity index is 1670. The van der Waals surface area contributed by atoms with E-state index in [1.807, 2.05) is 43.3 Å². The van der Waals surface area contributed by atoms with Gasteiger partial charge in [0.2, 0.25) is 11.1 Å². The molecule has 0 saturated heterocycles. The first kappa shape index (κ1) is 27.4. The molecule has 1 aliphatic heterocycles. The van der Waals surface area contributed by atoms with Crippen molar-refractivity contribution in [1.82, 2.24) is 10.1 Å². The summed E-state index contributed by atoms with van der Waals surface area (Å²) in [6, 6.07) is 19.7. The van der Waals surface area contributed by atoms with E-state index in [9.17, 15) is 14.4 Å². The van der Waals surface area contributed by atoms with Crippen molar-refractivity contribution in [2.75, 3.05) is 11.5 Å². The molecular formula is C29H26ClN4O5S+. The van der Waals surface area contributed by atoms with Crippen LogP contribution in [0.2, 0.25) is 5.02 Å². The van der Waals surface area contributed by atoms with Gasteiger partial charge in [-0.25, -0.2) is 4.90 Å². The third-order valence-electron chi connectivity index (χ3n) is 6.24. The van der Waals surface area contributed by atoms with Gasteiger partial charge in [-0.3, -0.25) is 19.4 Å². The molecule has 1 N–H and O–H groups in total. The minimum absolute atomic E-state index is 0.245. The topological polar surface area (TPSA) is 105 Å².